The molecule has 0 saturated carbocycles. The van der Waals surface area contributed by atoms with Crippen molar-refractivity contribution in [1.82, 2.24) is 14.6 Å². The summed E-state index contributed by atoms with van der Waals surface area (Å²) in [5.41, 5.74) is 2.44. The molecule has 0 unspecified atom stereocenters. The summed E-state index contributed by atoms with van der Waals surface area (Å²) in [7, 11) is 0. The largest absolute Gasteiger partial charge is 0.330 e. The first-order chi connectivity index (χ1) is 11.1. The van der Waals surface area contributed by atoms with Crippen LogP contribution < -0.4 is 10.9 Å². The van der Waals surface area contributed by atoms with Crippen molar-refractivity contribution < 1.29 is 0 Å². The van der Waals surface area contributed by atoms with E-state index in [0.29, 0.717) is 26.0 Å². The number of nitrogens with one attached hydrogen (secondary N) is 1. The van der Waals surface area contributed by atoms with Crippen LogP contribution in [0.1, 0.15) is 5.56 Å². The van der Waals surface area contributed by atoms with Crippen molar-refractivity contribution in [2.24, 2.45) is 0 Å². The fourth-order valence-corrected chi connectivity index (χ4v) is 3.36. The van der Waals surface area contributed by atoms with E-state index in [1.807, 2.05) is 31.2 Å². The molecule has 2 aromatic heterocycles. The van der Waals surface area contributed by atoms with Crippen molar-refractivity contribution in [1.29, 1.82) is 0 Å². The summed E-state index contributed by atoms with van der Waals surface area (Å²) in [6, 6.07) is 13.0. The number of halogens is 1. The van der Waals surface area contributed by atoms with Gasteiger partial charge in [-0.1, -0.05) is 35.1 Å². The molecule has 5 nitrogen and oxygen atoms in total. The Morgan fingerprint density at radius 1 is 1.22 bits per heavy atom. The highest BCUT2D eigenvalue weighted by Crippen LogP contribution is 2.24. The normalized spacial score (nSPS) is 11.2. The lowest BCUT2D eigenvalue weighted by molar-refractivity contribution is 0.919. The van der Waals surface area contributed by atoms with E-state index in [4.69, 9.17) is 11.6 Å². The van der Waals surface area contributed by atoms with E-state index in [1.165, 1.54) is 15.9 Å². The van der Waals surface area contributed by atoms with E-state index in [-0.39, 0.29) is 5.56 Å². The predicted octanol–water partition coefficient (Wildman–Crippen LogP) is 4.01. The van der Waals surface area contributed by atoms with Gasteiger partial charge in [0.1, 0.15) is 0 Å². The minimum absolute atomic E-state index is 0.199. The second-order valence-corrected chi connectivity index (χ2v) is 6.57. The Hall–Kier alpha value is -2.44. The van der Waals surface area contributed by atoms with Gasteiger partial charge in [0.05, 0.1) is 10.9 Å². The SMILES string of the molecule is Cc1cccc(Nc2nn3c(=O)c4ccc(Cl)cc4nc3s2)c1. The number of hydrogen-bond donors (Lipinski definition) is 1. The van der Waals surface area contributed by atoms with Crippen molar-refractivity contribution in [3.8, 4) is 0 Å². The molecule has 1 N–H and O–H groups in total. The zero-order valence-corrected chi connectivity index (χ0v) is 13.6. The molecule has 0 amide bonds. The van der Waals surface area contributed by atoms with Gasteiger partial charge in [-0.2, -0.15) is 4.52 Å². The summed E-state index contributed by atoms with van der Waals surface area (Å²) in [6.45, 7) is 2.02. The predicted molar refractivity (Wildman–Crippen MR) is 94.1 cm³/mol. The highest BCUT2D eigenvalue weighted by molar-refractivity contribution is 7.20. The van der Waals surface area contributed by atoms with E-state index < -0.39 is 0 Å². The van der Waals surface area contributed by atoms with Gasteiger partial charge in [0.15, 0.2) is 0 Å². The highest BCUT2D eigenvalue weighted by atomic mass is 35.5. The van der Waals surface area contributed by atoms with Crippen LogP contribution in [0.25, 0.3) is 15.9 Å². The Kier molecular flexibility index (Phi) is 3.28. The summed E-state index contributed by atoms with van der Waals surface area (Å²) in [5, 5.41) is 9.20. The summed E-state index contributed by atoms with van der Waals surface area (Å²) >= 11 is 7.30. The first-order valence-corrected chi connectivity index (χ1v) is 8.12. The lowest BCUT2D eigenvalue weighted by Crippen LogP contribution is -2.15. The van der Waals surface area contributed by atoms with Crippen molar-refractivity contribution in [2.75, 3.05) is 5.32 Å². The molecular weight excluding hydrogens is 332 g/mol. The van der Waals surface area contributed by atoms with Crippen LogP contribution in [0, 0.1) is 6.92 Å². The molecule has 0 spiro atoms. The summed E-state index contributed by atoms with van der Waals surface area (Å²) in [6.07, 6.45) is 0. The number of aryl methyl sites for hydroxylation is 1. The van der Waals surface area contributed by atoms with E-state index >= 15 is 0 Å². The lowest BCUT2D eigenvalue weighted by atomic mass is 10.2. The van der Waals surface area contributed by atoms with Gasteiger partial charge in [-0.3, -0.25) is 4.79 Å². The minimum atomic E-state index is -0.199. The van der Waals surface area contributed by atoms with Crippen LogP contribution in [-0.2, 0) is 0 Å². The third-order valence-electron chi connectivity index (χ3n) is 3.43. The molecule has 4 rings (SSSR count). The molecule has 7 heteroatoms. The Bertz CT molecular complexity index is 1100. The van der Waals surface area contributed by atoms with E-state index in [9.17, 15) is 4.79 Å². The van der Waals surface area contributed by atoms with Gasteiger partial charge >= 0.3 is 0 Å². The van der Waals surface area contributed by atoms with Gasteiger partial charge in [0.25, 0.3) is 5.56 Å². The van der Waals surface area contributed by atoms with E-state index in [0.717, 1.165) is 11.3 Å². The van der Waals surface area contributed by atoms with Crippen LogP contribution in [0.3, 0.4) is 0 Å². The van der Waals surface area contributed by atoms with Gasteiger partial charge in [-0.15, -0.1) is 5.10 Å². The van der Waals surface area contributed by atoms with Gasteiger partial charge in [0.2, 0.25) is 10.1 Å². The molecule has 2 heterocycles. The lowest BCUT2D eigenvalue weighted by Gasteiger charge is -2.01. The van der Waals surface area contributed by atoms with Gasteiger partial charge in [-0.25, -0.2) is 4.98 Å². The molecule has 0 aliphatic heterocycles. The molecule has 0 radical (unpaired) electrons. The topological polar surface area (TPSA) is 59.3 Å². The summed E-state index contributed by atoms with van der Waals surface area (Å²) in [4.78, 5) is 17.5. The first kappa shape index (κ1) is 14.2. The van der Waals surface area contributed by atoms with Crippen molar-refractivity contribution in [2.45, 2.75) is 6.92 Å². The molecule has 4 aromatic rings. The number of fused-ring (bicyclic) bond motifs is 2. The number of anilines is 2. The monoisotopic (exact) mass is 342 g/mol. The van der Waals surface area contributed by atoms with Crippen LogP contribution in [0.2, 0.25) is 5.02 Å². The summed E-state index contributed by atoms with van der Waals surface area (Å²) in [5.74, 6) is 0. The molecule has 0 aliphatic carbocycles. The van der Waals surface area contributed by atoms with Crippen LogP contribution in [0.4, 0.5) is 10.8 Å². The van der Waals surface area contributed by atoms with E-state index in [1.54, 1.807) is 18.2 Å². The van der Waals surface area contributed by atoms with Gasteiger partial charge < -0.3 is 5.32 Å². The molecule has 0 atom stereocenters. The quantitative estimate of drug-likeness (QED) is 0.598. The number of nitrogens with zero attached hydrogens (tertiary/aromatic N) is 3. The fraction of sp³-hybridized carbons (Fsp3) is 0.0625. The molecule has 114 valence electrons. The van der Waals surface area contributed by atoms with Crippen molar-refractivity contribution in [3.05, 3.63) is 63.4 Å². The summed E-state index contributed by atoms with van der Waals surface area (Å²) < 4.78 is 1.32. The fourth-order valence-electron chi connectivity index (χ4n) is 2.38. The number of aromatic nitrogens is 3. The third kappa shape index (κ3) is 2.56. The Balaban J connectivity index is 1.85. The molecule has 0 bridgehead atoms. The zero-order chi connectivity index (χ0) is 16.0. The van der Waals surface area contributed by atoms with Crippen LogP contribution in [0.15, 0.2) is 47.3 Å². The molecular formula is C16H11ClN4OS. The number of rotatable bonds is 2. The number of hydrogen-bond acceptors (Lipinski definition) is 5. The first-order valence-electron chi connectivity index (χ1n) is 6.93. The molecule has 0 fully saturated rings. The average Bonchev–Trinajstić information content (AvgIpc) is 2.90. The molecule has 2 aromatic carbocycles. The second-order valence-electron chi connectivity index (χ2n) is 5.17. The van der Waals surface area contributed by atoms with E-state index in [2.05, 4.69) is 15.4 Å². The molecule has 0 aliphatic rings. The van der Waals surface area contributed by atoms with Crippen LogP contribution >= 0.6 is 22.9 Å². The van der Waals surface area contributed by atoms with Crippen molar-refractivity contribution in [3.63, 3.8) is 0 Å². The molecule has 23 heavy (non-hydrogen) atoms. The maximum Gasteiger partial charge on any atom is 0.283 e. The molecule has 0 saturated heterocycles. The Morgan fingerprint density at radius 2 is 2.09 bits per heavy atom. The third-order valence-corrected chi connectivity index (χ3v) is 4.49. The number of benzene rings is 2. The minimum Gasteiger partial charge on any atom is -0.330 e. The average molecular weight is 343 g/mol. The smallest absolute Gasteiger partial charge is 0.283 e. The Labute approximate surface area is 140 Å². The highest BCUT2D eigenvalue weighted by Gasteiger charge is 2.11. The van der Waals surface area contributed by atoms with Crippen LogP contribution in [-0.4, -0.2) is 14.6 Å². The second kappa shape index (κ2) is 5.33. The Morgan fingerprint density at radius 3 is 2.91 bits per heavy atom. The maximum atomic E-state index is 12.5. The van der Waals surface area contributed by atoms with Gasteiger partial charge in [-0.05, 0) is 42.8 Å². The van der Waals surface area contributed by atoms with Gasteiger partial charge in [0, 0.05) is 10.7 Å². The van der Waals surface area contributed by atoms with Crippen molar-refractivity contribution >= 4 is 49.6 Å². The van der Waals surface area contributed by atoms with Crippen LogP contribution in [0.5, 0.6) is 0 Å². The zero-order valence-electron chi connectivity index (χ0n) is 12.1. The maximum absolute atomic E-state index is 12.5. The standard InChI is InChI=1S/C16H11ClN4OS/c1-9-3-2-4-11(7-9)18-15-20-21-14(22)12-6-5-10(17)8-13(12)19-16(21)23-15/h2-8H,1H3,(H,18,20).